The van der Waals surface area contributed by atoms with Gasteiger partial charge in [-0.1, -0.05) is 38.0 Å². The number of fused-ring (bicyclic) bond motifs is 5. The predicted molar refractivity (Wildman–Crippen MR) is 164 cm³/mol. The number of amides is 1. The number of nitrogens with zero attached hydrogens (tertiary/aromatic N) is 1. The first kappa shape index (κ1) is 33.8. The molecule has 5 aliphatic rings. The normalized spacial score (nSPS) is 42.8. The fraction of sp³-hybridized carbons (Fsp3) is 0.771. The Balaban J connectivity index is 1.47. The van der Waals surface area contributed by atoms with Gasteiger partial charge in [0, 0.05) is 31.9 Å². The largest absolute Gasteiger partial charge is 0.461 e. The first-order chi connectivity index (χ1) is 20.9. The van der Waals surface area contributed by atoms with Crippen molar-refractivity contribution in [3.63, 3.8) is 0 Å². The van der Waals surface area contributed by atoms with Crippen molar-refractivity contribution in [1.82, 2.24) is 4.90 Å². The van der Waals surface area contributed by atoms with Crippen LogP contribution in [0.5, 0.6) is 0 Å². The quantitative estimate of drug-likeness (QED) is 0.228. The monoisotopic (exact) mass is 629 g/mol. The fourth-order valence-corrected chi connectivity index (χ4v) is 9.61. The van der Waals surface area contributed by atoms with Crippen LogP contribution in [0.2, 0.25) is 0 Å². The molecule has 1 saturated heterocycles. The molecule has 0 bridgehead atoms. The average molecular weight is 630 g/mol. The number of Topliss-reactive ketones (excluding diaryl/α,β-unsaturated/α-hetero) is 1. The molecule has 1 aliphatic heterocycles. The van der Waals surface area contributed by atoms with Gasteiger partial charge in [0.05, 0.1) is 5.41 Å². The van der Waals surface area contributed by atoms with E-state index in [0.717, 1.165) is 17.6 Å². The number of ether oxygens (including phenoxy) is 2. The molecule has 1 amide bonds. The first-order valence-corrected chi connectivity index (χ1v) is 16.6. The zero-order chi connectivity index (χ0) is 33.3. The van der Waals surface area contributed by atoms with E-state index in [1.165, 1.54) is 19.9 Å². The van der Waals surface area contributed by atoms with Crippen LogP contribution in [0.3, 0.4) is 0 Å². The molecule has 1 heterocycles. The summed E-state index contributed by atoms with van der Waals surface area (Å²) in [7, 11) is 0. The topological polar surface area (TPSA) is 151 Å². The van der Waals surface area contributed by atoms with Gasteiger partial charge >= 0.3 is 11.9 Å². The van der Waals surface area contributed by atoms with Gasteiger partial charge < -0.3 is 29.7 Å². The lowest BCUT2D eigenvalue weighted by molar-refractivity contribution is -0.314. The van der Waals surface area contributed by atoms with Crippen molar-refractivity contribution in [3.05, 3.63) is 23.3 Å². The Morgan fingerprint density at radius 1 is 1.00 bits per heavy atom. The summed E-state index contributed by atoms with van der Waals surface area (Å²) in [6, 6.07) is -0.572. The van der Waals surface area contributed by atoms with Crippen LogP contribution in [-0.2, 0) is 28.7 Å². The van der Waals surface area contributed by atoms with Crippen LogP contribution in [0.1, 0.15) is 106 Å². The van der Waals surface area contributed by atoms with Gasteiger partial charge in [-0.05, 0) is 83.5 Å². The van der Waals surface area contributed by atoms with Gasteiger partial charge in [0.25, 0.3) is 0 Å². The number of carbonyl (C=O) groups is 4. The third kappa shape index (κ3) is 4.84. The third-order valence-corrected chi connectivity index (χ3v) is 12.9. The van der Waals surface area contributed by atoms with Crippen molar-refractivity contribution in [1.29, 1.82) is 0 Å². The van der Waals surface area contributed by atoms with Crippen LogP contribution in [0.25, 0.3) is 0 Å². The van der Waals surface area contributed by atoms with Crippen LogP contribution in [0.4, 0.5) is 0 Å². The summed E-state index contributed by atoms with van der Waals surface area (Å²) in [5.74, 6) is -2.14. The SMILES string of the molecule is CC(=O)N1CCC[C@H]1C(=O)O[C@H]1CC[C@@]2(C)C(=CC[C@]3(O)C2C[C@@H](OC(=O)/C=C(\C)C(C)C)[C@@]2(C)[C@]3(O)CC[C@@]2(O)C(C)=O)C1. The smallest absolute Gasteiger partial charge is 0.330 e. The van der Waals surface area contributed by atoms with Crippen LogP contribution < -0.4 is 0 Å². The second-order valence-corrected chi connectivity index (χ2v) is 15.2. The Morgan fingerprint density at radius 3 is 2.31 bits per heavy atom. The molecule has 4 fully saturated rings. The maximum absolute atomic E-state index is 13.3. The maximum Gasteiger partial charge on any atom is 0.330 e. The van der Waals surface area contributed by atoms with Crippen molar-refractivity contribution in [2.45, 2.75) is 141 Å². The first-order valence-electron chi connectivity index (χ1n) is 16.6. The van der Waals surface area contributed by atoms with Crippen LogP contribution in [-0.4, -0.2) is 85.4 Å². The summed E-state index contributed by atoms with van der Waals surface area (Å²) in [6.07, 6.45) is 4.88. The fourth-order valence-electron chi connectivity index (χ4n) is 9.61. The summed E-state index contributed by atoms with van der Waals surface area (Å²) < 4.78 is 12.1. The summed E-state index contributed by atoms with van der Waals surface area (Å²) in [4.78, 5) is 53.0. The number of aliphatic hydroxyl groups is 3. The number of carbonyl (C=O) groups excluding carboxylic acids is 4. The molecule has 1 unspecified atom stereocenters. The number of ketones is 1. The summed E-state index contributed by atoms with van der Waals surface area (Å²) in [6.45, 7) is 12.7. The molecule has 3 saturated carbocycles. The summed E-state index contributed by atoms with van der Waals surface area (Å²) >= 11 is 0. The highest BCUT2D eigenvalue weighted by molar-refractivity contribution is 5.87. The molecule has 250 valence electrons. The van der Waals surface area contributed by atoms with Gasteiger partial charge in [0.2, 0.25) is 5.91 Å². The van der Waals surface area contributed by atoms with Crippen molar-refractivity contribution in [3.8, 4) is 0 Å². The zero-order valence-electron chi connectivity index (χ0n) is 27.9. The Kier molecular flexibility index (Phi) is 8.49. The minimum absolute atomic E-state index is 0.0327. The van der Waals surface area contributed by atoms with E-state index in [4.69, 9.17) is 9.47 Å². The van der Waals surface area contributed by atoms with E-state index in [1.54, 1.807) is 11.8 Å². The van der Waals surface area contributed by atoms with E-state index < -0.39 is 63.4 Å². The molecule has 3 N–H and O–H groups in total. The molecule has 0 aromatic heterocycles. The Morgan fingerprint density at radius 2 is 1.69 bits per heavy atom. The highest BCUT2D eigenvalue weighted by Gasteiger charge is 2.81. The lowest BCUT2D eigenvalue weighted by Crippen LogP contribution is -2.78. The van der Waals surface area contributed by atoms with Crippen molar-refractivity contribution in [2.75, 3.05) is 6.54 Å². The van der Waals surface area contributed by atoms with Crippen LogP contribution in [0.15, 0.2) is 23.3 Å². The molecule has 0 radical (unpaired) electrons. The number of rotatable bonds is 6. The lowest BCUT2D eigenvalue weighted by atomic mass is 9.42. The summed E-state index contributed by atoms with van der Waals surface area (Å²) in [5.41, 5.74) is -6.12. The molecule has 10 heteroatoms. The molecule has 0 aromatic carbocycles. The molecule has 10 nitrogen and oxygen atoms in total. The standard InChI is InChI=1S/C35H51NO9/c1-20(2)21(3)17-29(39)45-28-19-27-31(6)12-11-25(44-30(40)26-9-8-16-36(26)23(5)38)18-24(31)10-13-34(27,42)35(43)15-14-33(41,22(4)37)32(28,35)7/h10,17,20,25-28,41-43H,8-9,11-16,18-19H2,1-7H3/b21-17+/t25-,26-,27?,28+,31-,32+,33+,34-,35+/m0/s1. The molecule has 45 heavy (non-hydrogen) atoms. The molecule has 0 spiro atoms. The van der Waals surface area contributed by atoms with Gasteiger partial charge in [0.15, 0.2) is 5.78 Å². The molecular formula is C35H51NO9. The predicted octanol–water partition coefficient (Wildman–Crippen LogP) is 3.55. The van der Waals surface area contributed by atoms with Crippen molar-refractivity contribution >= 4 is 23.6 Å². The number of allylic oxidation sites excluding steroid dienone is 1. The molecule has 5 rings (SSSR count). The Hall–Kier alpha value is -2.56. The van der Waals surface area contributed by atoms with E-state index in [1.807, 2.05) is 33.8 Å². The van der Waals surface area contributed by atoms with Gasteiger partial charge in [0.1, 0.15) is 35.1 Å². The highest BCUT2D eigenvalue weighted by Crippen LogP contribution is 2.71. The highest BCUT2D eigenvalue weighted by atomic mass is 16.6. The van der Waals surface area contributed by atoms with E-state index >= 15 is 0 Å². The van der Waals surface area contributed by atoms with Gasteiger partial charge in [-0.25, -0.2) is 9.59 Å². The van der Waals surface area contributed by atoms with Crippen LogP contribution >= 0.6 is 0 Å². The second kappa shape index (κ2) is 11.3. The van der Waals surface area contributed by atoms with Crippen molar-refractivity contribution in [2.24, 2.45) is 22.7 Å². The maximum atomic E-state index is 13.3. The second-order valence-electron chi connectivity index (χ2n) is 15.2. The minimum Gasteiger partial charge on any atom is -0.461 e. The summed E-state index contributed by atoms with van der Waals surface area (Å²) in [5, 5.41) is 37.1. The Bertz CT molecular complexity index is 1340. The minimum atomic E-state index is -2.01. The number of likely N-dealkylation sites (tertiary alicyclic amines) is 1. The van der Waals surface area contributed by atoms with E-state index in [2.05, 4.69) is 0 Å². The molecule has 9 atom stereocenters. The Labute approximate surface area is 266 Å². The number of esters is 2. The van der Waals surface area contributed by atoms with Crippen molar-refractivity contribution < 1.29 is 44.0 Å². The molecule has 4 aliphatic carbocycles. The van der Waals surface area contributed by atoms with E-state index in [-0.39, 0.29) is 43.6 Å². The van der Waals surface area contributed by atoms with Gasteiger partial charge in [-0.2, -0.15) is 0 Å². The molecular weight excluding hydrogens is 578 g/mol. The lowest BCUT2D eigenvalue weighted by Gasteiger charge is -2.67. The van der Waals surface area contributed by atoms with E-state index in [0.29, 0.717) is 32.2 Å². The number of hydrogen-bond donors (Lipinski definition) is 3. The number of hydrogen-bond acceptors (Lipinski definition) is 9. The third-order valence-electron chi connectivity index (χ3n) is 12.9. The molecule has 0 aromatic rings. The zero-order valence-corrected chi connectivity index (χ0v) is 27.9. The van der Waals surface area contributed by atoms with Gasteiger partial charge in [-0.15, -0.1) is 0 Å². The average Bonchev–Trinajstić information content (AvgIpc) is 3.54. The van der Waals surface area contributed by atoms with E-state index in [9.17, 15) is 34.5 Å². The van der Waals surface area contributed by atoms with Gasteiger partial charge in [-0.3, -0.25) is 9.59 Å². The van der Waals surface area contributed by atoms with Crippen LogP contribution in [0, 0.1) is 22.7 Å².